The molecule has 0 radical (unpaired) electrons. The maximum Gasteiger partial charge on any atom is 0.129 e. The van der Waals surface area contributed by atoms with Crippen LogP contribution in [0.15, 0.2) is 18.2 Å². The van der Waals surface area contributed by atoms with E-state index in [9.17, 15) is 8.78 Å². The highest BCUT2D eigenvalue weighted by Gasteiger charge is 2.16. The molecule has 1 aromatic rings. The molecule has 0 aromatic heterocycles. The SMILES string of the molecule is CC(Cc1c(F)cccc1F)NCC1CCCCC1. The van der Waals surface area contributed by atoms with E-state index in [1.807, 2.05) is 6.92 Å². The van der Waals surface area contributed by atoms with E-state index in [1.165, 1.54) is 50.3 Å². The van der Waals surface area contributed by atoms with Gasteiger partial charge in [0, 0.05) is 11.6 Å². The first-order valence-electron chi connectivity index (χ1n) is 7.33. The van der Waals surface area contributed by atoms with Gasteiger partial charge in [-0.05, 0) is 50.8 Å². The molecule has 1 aliphatic rings. The summed E-state index contributed by atoms with van der Waals surface area (Å²) in [7, 11) is 0. The highest BCUT2D eigenvalue weighted by atomic mass is 19.1. The molecule has 3 heteroatoms. The molecule has 0 aliphatic heterocycles. The monoisotopic (exact) mass is 267 g/mol. The van der Waals surface area contributed by atoms with Crippen LogP contribution in [0.4, 0.5) is 8.78 Å². The Morgan fingerprint density at radius 3 is 2.42 bits per heavy atom. The van der Waals surface area contributed by atoms with Gasteiger partial charge in [0.05, 0.1) is 0 Å². The molecule has 1 unspecified atom stereocenters. The van der Waals surface area contributed by atoms with Crippen LogP contribution in [0.3, 0.4) is 0 Å². The van der Waals surface area contributed by atoms with Gasteiger partial charge in [0.1, 0.15) is 11.6 Å². The molecule has 0 spiro atoms. The molecule has 0 saturated heterocycles. The summed E-state index contributed by atoms with van der Waals surface area (Å²) in [6, 6.07) is 4.17. The fourth-order valence-electron chi connectivity index (χ4n) is 2.86. The molecule has 1 nitrogen and oxygen atoms in total. The van der Waals surface area contributed by atoms with Crippen LogP contribution in [0.1, 0.15) is 44.6 Å². The summed E-state index contributed by atoms with van der Waals surface area (Å²) >= 11 is 0. The molecule has 1 saturated carbocycles. The Morgan fingerprint density at radius 2 is 1.79 bits per heavy atom. The lowest BCUT2D eigenvalue weighted by Gasteiger charge is -2.24. The third kappa shape index (κ3) is 4.27. The van der Waals surface area contributed by atoms with Crippen LogP contribution in [-0.2, 0) is 6.42 Å². The Kier molecular flexibility index (Phi) is 5.32. The quantitative estimate of drug-likeness (QED) is 0.848. The molecule has 2 rings (SSSR count). The van der Waals surface area contributed by atoms with Crippen LogP contribution in [0.2, 0.25) is 0 Å². The van der Waals surface area contributed by atoms with E-state index in [-0.39, 0.29) is 11.6 Å². The number of halogens is 2. The largest absolute Gasteiger partial charge is 0.314 e. The Balaban J connectivity index is 1.82. The third-order valence-electron chi connectivity index (χ3n) is 4.05. The molecule has 1 fully saturated rings. The minimum Gasteiger partial charge on any atom is -0.314 e. The van der Waals surface area contributed by atoms with Crippen LogP contribution in [-0.4, -0.2) is 12.6 Å². The number of hydrogen-bond donors (Lipinski definition) is 1. The third-order valence-corrected chi connectivity index (χ3v) is 4.05. The summed E-state index contributed by atoms with van der Waals surface area (Å²) in [5.74, 6) is -0.140. The summed E-state index contributed by atoms with van der Waals surface area (Å²) < 4.78 is 27.1. The number of rotatable bonds is 5. The summed E-state index contributed by atoms with van der Waals surface area (Å²) in [4.78, 5) is 0. The van der Waals surface area contributed by atoms with Crippen LogP contribution in [0, 0.1) is 17.6 Å². The molecule has 1 N–H and O–H groups in total. The first-order chi connectivity index (χ1) is 9.16. The predicted molar refractivity (Wildman–Crippen MR) is 74.1 cm³/mol. The van der Waals surface area contributed by atoms with Crippen molar-refractivity contribution in [3.8, 4) is 0 Å². The van der Waals surface area contributed by atoms with Crippen LogP contribution in [0.5, 0.6) is 0 Å². The van der Waals surface area contributed by atoms with E-state index in [4.69, 9.17) is 0 Å². The Labute approximate surface area is 114 Å². The van der Waals surface area contributed by atoms with Crippen molar-refractivity contribution in [1.29, 1.82) is 0 Å². The van der Waals surface area contributed by atoms with Gasteiger partial charge in [-0.2, -0.15) is 0 Å². The van der Waals surface area contributed by atoms with Crippen LogP contribution < -0.4 is 5.32 Å². The van der Waals surface area contributed by atoms with Crippen molar-refractivity contribution in [2.24, 2.45) is 5.92 Å². The molecular weight excluding hydrogens is 244 g/mol. The van der Waals surface area contributed by atoms with E-state index in [0.29, 0.717) is 6.42 Å². The fourth-order valence-corrected chi connectivity index (χ4v) is 2.86. The van der Waals surface area contributed by atoms with Gasteiger partial charge in [-0.3, -0.25) is 0 Å². The van der Waals surface area contributed by atoms with Crippen LogP contribution in [0.25, 0.3) is 0 Å². The topological polar surface area (TPSA) is 12.0 Å². The van der Waals surface area contributed by atoms with Gasteiger partial charge in [0.2, 0.25) is 0 Å². The standard InChI is InChI=1S/C16H23F2N/c1-12(19-11-13-6-3-2-4-7-13)10-14-15(17)8-5-9-16(14)18/h5,8-9,12-13,19H,2-4,6-7,10-11H2,1H3. The van der Waals surface area contributed by atoms with Crippen molar-refractivity contribution in [2.75, 3.05) is 6.54 Å². The molecule has 106 valence electrons. The van der Waals surface area contributed by atoms with Crippen molar-refractivity contribution >= 4 is 0 Å². The van der Waals surface area contributed by atoms with E-state index >= 15 is 0 Å². The molecule has 0 heterocycles. The van der Waals surface area contributed by atoms with E-state index in [2.05, 4.69) is 5.32 Å². The van der Waals surface area contributed by atoms with Crippen molar-refractivity contribution < 1.29 is 8.78 Å². The second-order valence-electron chi connectivity index (χ2n) is 5.72. The zero-order valence-corrected chi connectivity index (χ0v) is 11.6. The molecule has 0 bridgehead atoms. The average molecular weight is 267 g/mol. The smallest absolute Gasteiger partial charge is 0.129 e. The number of benzene rings is 1. The second kappa shape index (κ2) is 6.99. The summed E-state index contributed by atoms with van der Waals surface area (Å²) in [5, 5.41) is 3.42. The first kappa shape index (κ1) is 14.4. The zero-order valence-electron chi connectivity index (χ0n) is 11.6. The van der Waals surface area contributed by atoms with Gasteiger partial charge in [-0.25, -0.2) is 8.78 Å². The lowest BCUT2D eigenvalue weighted by Crippen LogP contribution is -2.33. The molecular formula is C16H23F2N. The highest BCUT2D eigenvalue weighted by molar-refractivity contribution is 5.20. The zero-order chi connectivity index (χ0) is 13.7. The Hall–Kier alpha value is -0.960. The van der Waals surface area contributed by atoms with Crippen molar-refractivity contribution in [2.45, 2.75) is 51.5 Å². The molecule has 1 aliphatic carbocycles. The molecule has 0 amide bonds. The van der Waals surface area contributed by atoms with Gasteiger partial charge < -0.3 is 5.32 Å². The highest BCUT2D eigenvalue weighted by Crippen LogP contribution is 2.23. The van der Waals surface area contributed by atoms with Gasteiger partial charge in [0.25, 0.3) is 0 Å². The van der Waals surface area contributed by atoms with E-state index in [0.717, 1.165) is 12.5 Å². The summed E-state index contributed by atoms with van der Waals surface area (Å²) in [6.45, 7) is 2.96. The second-order valence-corrected chi connectivity index (χ2v) is 5.72. The lowest BCUT2D eigenvalue weighted by molar-refractivity contribution is 0.329. The predicted octanol–water partition coefficient (Wildman–Crippen LogP) is 4.07. The summed E-state index contributed by atoms with van der Waals surface area (Å²) in [6.07, 6.45) is 6.98. The van der Waals surface area contributed by atoms with Gasteiger partial charge in [0.15, 0.2) is 0 Å². The van der Waals surface area contributed by atoms with Crippen molar-refractivity contribution in [3.63, 3.8) is 0 Å². The average Bonchev–Trinajstić information content (AvgIpc) is 2.42. The van der Waals surface area contributed by atoms with E-state index in [1.54, 1.807) is 0 Å². The minimum absolute atomic E-state index is 0.105. The molecule has 19 heavy (non-hydrogen) atoms. The Bertz CT molecular complexity index is 379. The normalized spacial score (nSPS) is 18.5. The molecule has 1 aromatic carbocycles. The first-order valence-corrected chi connectivity index (χ1v) is 7.33. The number of nitrogens with one attached hydrogen (secondary N) is 1. The summed E-state index contributed by atoms with van der Waals surface area (Å²) in [5.41, 5.74) is 0.200. The number of hydrogen-bond acceptors (Lipinski definition) is 1. The van der Waals surface area contributed by atoms with Gasteiger partial charge in [-0.15, -0.1) is 0 Å². The minimum atomic E-state index is -0.439. The van der Waals surface area contributed by atoms with Gasteiger partial charge >= 0.3 is 0 Å². The molecule has 1 atom stereocenters. The van der Waals surface area contributed by atoms with Gasteiger partial charge in [-0.1, -0.05) is 25.3 Å². The lowest BCUT2D eigenvalue weighted by atomic mass is 9.89. The van der Waals surface area contributed by atoms with E-state index < -0.39 is 11.6 Å². The van der Waals surface area contributed by atoms with Crippen LogP contribution >= 0.6 is 0 Å². The fraction of sp³-hybridized carbons (Fsp3) is 0.625. The van der Waals surface area contributed by atoms with Crippen molar-refractivity contribution in [3.05, 3.63) is 35.4 Å². The van der Waals surface area contributed by atoms with Crippen molar-refractivity contribution in [1.82, 2.24) is 5.32 Å². The maximum atomic E-state index is 13.5. The Morgan fingerprint density at radius 1 is 1.16 bits per heavy atom. The maximum absolute atomic E-state index is 13.5.